The minimum Gasteiger partial charge on any atom is -0.316 e. The van der Waals surface area contributed by atoms with Gasteiger partial charge in [-0.15, -0.1) is 11.8 Å². The van der Waals surface area contributed by atoms with Crippen molar-refractivity contribution in [2.75, 3.05) is 12.8 Å². The van der Waals surface area contributed by atoms with Crippen molar-refractivity contribution in [1.82, 2.24) is 5.32 Å². The topological polar surface area (TPSA) is 12.0 Å². The standard InChI is InChI=1S/C14H23NS/c1-5-12(3)14(15-4)10-16-13-8-6-11(2)7-9-13/h6-9,12,14-15H,5,10H2,1-4H3. The van der Waals surface area contributed by atoms with E-state index < -0.39 is 0 Å². The van der Waals surface area contributed by atoms with Crippen molar-refractivity contribution in [1.29, 1.82) is 0 Å². The van der Waals surface area contributed by atoms with Gasteiger partial charge in [-0.05, 0) is 32.0 Å². The van der Waals surface area contributed by atoms with Crippen LogP contribution < -0.4 is 5.32 Å². The SMILES string of the molecule is CCC(C)C(CSc1ccc(C)cc1)NC. The maximum atomic E-state index is 3.41. The number of nitrogens with one attached hydrogen (secondary N) is 1. The molecule has 0 aromatic heterocycles. The fourth-order valence-corrected chi connectivity index (χ4v) is 2.83. The molecule has 1 aromatic rings. The number of hydrogen-bond donors (Lipinski definition) is 1. The zero-order valence-electron chi connectivity index (χ0n) is 10.8. The summed E-state index contributed by atoms with van der Waals surface area (Å²) >= 11 is 1.94. The number of thioether (sulfide) groups is 1. The largest absolute Gasteiger partial charge is 0.316 e. The van der Waals surface area contributed by atoms with E-state index in [1.807, 2.05) is 11.8 Å². The predicted octanol–water partition coefficient (Wildman–Crippen LogP) is 3.72. The molecule has 1 rings (SSSR count). The summed E-state index contributed by atoms with van der Waals surface area (Å²) in [5.74, 6) is 1.89. The van der Waals surface area contributed by atoms with Crippen LogP contribution in [0.5, 0.6) is 0 Å². The summed E-state index contributed by atoms with van der Waals surface area (Å²) in [5, 5.41) is 3.41. The van der Waals surface area contributed by atoms with E-state index in [1.54, 1.807) is 0 Å². The van der Waals surface area contributed by atoms with Gasteiger partial charge >= 0.3 is 0 Å². The fourth-order valence-electron chi connectivity index (χ4n) is 1.64. The van der Waals surface area contributed by atoms with Crippen molar-refractivity contribution in [3.05, 3.63) is 29.8 Å². The third-order valence-electron chi connectivity index (χ3n) is 3.15. The van der Waals surface area contributed by atoms with Gasteiger partial charge in [0.15, 0.2) is 0 Å². The van der Waals surface area contributed by atoms with Gasteiger partial charge in [-0.2, -0.15) is 0 Å². The van der Waals surface area contributed by atoms with Crippen LogP contribution in [0, 0.1) is 12.8 Å². The lowest BCUT2D eigenvalue weighted by molar-refractivity contribution is 0.420. The molecule has 0 spiro atoms. The molecule has 0 aliphatic carbocycles. The van der Waals surface area contributed by atoms with E-state index in [-0.39, 0.29) is 0 Å². The zero-order valence-corrected chi connectivity index (χ0v) is 11.6. The normalized spacial score (nSPS) is 14.8. The molecule has 1 aromatic carbocycles. The molecule has 2 heteroatoms. The molecule has 90 valence electrons. The molecule has 0 fully saturated rings. The van der Waals surface area contributed by atoms with Gasteiger partial charge in [0.25, 0.3) is 0 Å². The number of aryl methyl sites for hydroxylation is 1. The molecule has 1 N–H and O–H groups in total. The first kappa shape index (κ1) is 13.6. The van der Waals surface area contributed by atoms with Gasteiger partial charge in [0.05, 0.1) is 0 Å². The second-order valence-corrected chi connectivity index (χ2v) is 5.50. The molecule has 2 unspecified atom stereocenters. The van der Waals surface area contributed by atoms with E-state index >= 15 is 0 Å². The van der Waals surface area contributed by atoms with Crippen LogP contribution in [0.2, 0.25) is 0 Å². The summed E-state index contributed by atoms with van der Waals surface area (Å²) in [4.78, 5) is 1.37. The minimum absolute atomic E-state index is 0.608. The van der Waals surface area contributed by atoms with Crippen LogP contribution in [0.1, 0.15) is 25.8 Å². The van der Waals surface area contributed by atoms with E-state index in [4.69, 9.17) is 0 Å². The van der Waals surface area contributed by atoms with Crippen molar-refractivity contribution in [3.63, 3.8) is 0 Å². The summed E-state index contributed by atoms with van der Waals surface area (Å²) in [6.07, 6.45) is 1.24. The van der Waals surface area contributed by atoms with Crippen molar-refractivity contribution in [2.24, 2.45) is 5.92 Å². The van der Waals surface area contributed by atoms with E-state index in [0.717, 1.165) is 11.7 Å². The van der Waals surface area contributed by atoms with Gasteiger partial charge in [0, 0.05) is 16.7 Å². The lowest BCUT2D eigenvalue weighted by atomic mass is 10.0. The molecule has 0 radical (unpaired) electrons. The Labute approximate surface area is 104 Å². The smallest absolute Gasteiger partial charge is 0.0184 e. The van der Waals surface area contributed by atoms with Crippen LogP contribution in [-0.2, 0) is 0 Å². The first-order valence-corrected chi connectivity index (χ1v) is 7.02. The van der Waals surface area contributed by atoms with Gasteiger partial charge in [0.1, 0.15) is 0 Å². The molecule has 0 saturated carbocycles. The Balaban J connectivity index is 2.46. The van der Waals surface area contributed by atoms with Crippen LogP contribution in [0.15, 0.2) is 29.2 Å². The molecule has 0 saturated heterocycles. The van der Waals surface area contributed by atoms with Crippen molar-refractivity contribution >= 4 is 11.8 Å². The van der Waals surface area contributed by atoms with Gasteiger partial charge in [-0.3, -0.25) is 0 Å². The van der Waals surface area contributed by atoms with Gasteiger partial charge in [0.2, 0.25) is 0 Å². The van der Waals surface area contributed by atoms with Crippen LogP contribution in [0.25, 0.3) is 0 Å². The third-order valence-corrected chi connectivity index (χ3v) is 4.28. The van der Waals surface area contributed by atoms with Crippen LogP contribution in [0.4, 0.5) is 0 Å². The second kappa shape index (κ2) is 6.97. The number of hydrogen-bond acceptors (Lipinski definition) is 2. The molecule has 0 aliphatic heterocycles. The number of benzene rings is 1. The quantitative estimate of drug-likeness (QED) is 0.757. The maximum Gasteiger partial charge on any atom is 0.0184 e. The molecule has 2 atom stereocenters. The molecular formula is C14H23NS. The first-order valence-electron chi connectivity index (χ1n) is 6.04. The highest BCUT2D eigenvalue weighted by Gasteiger charge is 2.13. The highest BCUT2D eigenvalue weighted by atomic mass is 32.2. The zero-order chi connectivity index (χ0) is 12.0. The Morgan fingerprint density at radius 1 is 1.25 bits per heavy atom. The molecule has 0 heterocycles. The highest BCUT2D eigenvalue weighted by Crippen LogP contribution is 2.21. The van der Waals surface area contributed by atoms with Gasteiger partial charge < -0.3 is 5.32 Å². The van der Waals surface area contributed by atoms with Crippen molar-refractivity contribution < 1.29 is 0 Å². The molecule has 0 aliphatic rings. The summed E-state index contributed by atoms with van der Waals surface area (Å²) < 4.78 is 0. The van der Waals surface area contributed by atoms with Crippen molar-refractivity contribution in [2.45, 2.75) is 38.1 Å². The Morgan fingerprint density at radius 3 is 2.38 bits per heavy atom. The predicted molar refractivity (Wildman–Crippen MR) is 74.2 cm³/mol. The molecule has 1 nitrogen and oxygen atoms in total. The first-order chi connectivity index (χ1) is 7.67. The summed E-state index contributed by atoms with van der Waals surface area (Å²) in [6, 6.07) is 9.39. The van der Waals surface area contributed by atoms with Crippen LogP contribution in [-0.4, -0.2) is 18.8 Å². The molecule has 0 bridgehead atoms. The highest BCUT2D eigenvalue weighted by molar-refractivity contribution is 7.99. The summed E-state index contributed by atoms with van der Waals surface area (Å²) in [6.45, 7) is 6.70. The molecule has 0 amide bonds. The van der Waals surface area contributed by atoms with Crippen LogP contribution in [0.3, 0.4) is 0 Å². The molecular weight excluding hydrogens is 214 g/mol. The fraction of sp³-hybridized carbons (Fsp3) is 0.571. The Hall–Kier alpha value is -0.470. The van der Waals surface area contributed by atoms with E-state index in [1.165, 1.54) is 16.9 Å². The number of rotatable bonds is 6. The molecule has 16 heavy (non-hydrogen) atoms. The van der Waals surface area contributed by atoms with E-state index in [0.29, 0.717) is 6.04 Å². The Morgan fingerprint density at radius 2 is 1.88 bits per heavy atom. The lowest BCUT2D eigenvalue weighted by Crippen LogP contribution is -2.34. The van der Waals surface area contributed by atoms with Crippen LogP contribution >= 0.6 is 11.8 Å². The van der Waals surface area contributed by atoms with E-state index in [2.05, 4.69) is 57.4 Å². The summed E-state index contributed by atoms with van der Waals surface area (Å²) in [5.41, 5.74) is 1.33. The maximum absolute atomic E-state index is 3.41. The van der Waals surface area contributed by atoms with Crippen molar-refractivity contribution in [3.8, 4) is 0 Å². The van der Waals surface area contributed by atoms with Gasteiger partial charge in [-0.25, -0.2) is 0 Å². The average molecular weight is 237 g/mol. The monoisotopic (exact) mass is 237 g/mol. The minimum atomic E-state index is 0.608. The lowest BCUT2D eigenvalue weighted by Gasteiger charge is -2.21. The second-order valence-electron chi connectivity index (χ2n) is 4.40. The Kier molecular flexibility index (Phi) is 5.93. The Bertz CT molecular complexity index is 294. The average Bonchev–Trinajstić information content (AvgIpc) is 2.31. The third kappa shape index (κ3) is 4.18. The van der Waals surface area contributed by atoms with Gasteiger partial charge in [-0.1, -0.05) is 38.0 Å². The summed E-state index contributed by atoms with van der Waals surface area (Å²) in [7, 11) is 2.06. The van der Waals surface area contributed by atoms with E-state index in [9.17, 15) is 0 Å².